The Labute approximate surface area is 124 Å². The predicted octanol–water partition coefficient (Wildman–Crippen LogP) is 4.16. The summed E-state index contributed by atoms with van der Waals surface area (Å²) in [5.74, 6) is 0. The van der Waals surface area contributed by atoms with Gasteiger partial charge in [0.05, 0.1) is 6.10 Å². The van der Waals surface area contributed by atoms with Gasteiger partial charge in [0.25, 0.3) is 0 Å². The summed E-state index contributed by atoms with van der Waals surface area (Å²) in [7, 11) is 0. The molecule has 0 amide bonds. The lowest BCUT2D eigenvalue weighted by Gasteiger charge is -2.29. The van der Waals surface area contributed by atoms with E-state index in [1.165, 1.54) is 26.9 Å². The molecule has 1 aliphatic rings. The van der Waals surface area contributed by atoms with E-state index in [1.54, 1.807) is 0 Å². The Morgan fingerprint density at radius 1 is 1.30 bits per heavy atom. The second kappa shape index (κ2) is 5.84. The maximum atomic E-state index is 9.79. The first kappa shape index (κ1) is 14.1. The number of aliphatic hydroxyl groups is 1. The molecule has 1 aromatic carbocycles. The van der Waals surface area contributed by atoms with Crippen LogP contribution in [-0.2, 0) is 0 Å². The minimum atomic E-state index is -0.114. The zero-order chi connectivity index (χ0) is 14.1. The highest BCUT2D eigenvalue weighted by molar-refractivity contribution is 7.19. The van der Waals surface area contributed by atoms with Gasteiger partial charge in [0.1, 0.15) is 0 Å². The molecule has 3 heteroatoms. The van der Waals surface area contributed by atoms with Crippen LogP contribution in [0, 0.1) is 6.92 Å². The summed E-state index contributed by atoms with van der Waals surface area (Å²) in [5.41, 5.74) is 1.40. The summed E-state index contributed by atoms with van der Waals surface area (Å²) in [6, 6.07) is 9.45. The average Bonchev–Trinajstić information content (AvgIpc) is 2.77. The molecule has 0 radical (unpaired) electrons. The molecule has 2 N–H and O–H groups in total. The molecular formula is C17H23NOS. The quantitative estimate of drug-likeness (QED) is 0.889. The Morgan fingerprint density at radius 2 is 2.10 bits per heavy atom. The Morgan fingerprint density at radius 3 is 2.85 bits per heavy atom. The number of hydrogen-bond donors (Lipinski definition) is 2. The number of benzene rings is 1. The SMILES string of the molecule is Cc1c(C(C)NC2CCCC(O)C2)sc2ccccc12. The molecule has 1 aromatic heterocycles. The monoisotopic (exact) mass is 289 g/mol. The van der Waals surface area contributed by atoms with Gasteiger partial charge in [0.2, 0.25) is 0 Å². The van der Waals surface area contributed by atoms with Crippen LogP contribution in [0.2, 0.25) is 0 Å². The largest absolute Gasteiger partial charge is 0.393 e. The highest BCUT2D eigenvalue weighted by Gasteiger charge is 2.23. The van der Waals surface area contributed by atoms with E-state index in [0.717, 1.165) is 19.3 Å². The average molecular weight is 289 g/mol. The van der Waals surface area contributed by atoms with E-state index in [9.17, 15) is 5.11 Å². The predicted molar refractivity (Wildman–Crippen MR) is 86.4 cm³/mol. The first-order valence-electron chi connectivity index (χ1n) is 7.57. The van der Waals surface area contributed by atoms with Crippen molar-refractivity contribution >= 4 is 21.4 Å². The third kappa shape index (κ3) is 2.76. The van der Waals surface area contributed by atoms with Gasteiger partial charge in [-0.3, -0.25) is 0 Å². The van der Waals surface area contributed by atoms with Crippen LogP contribution >= 0.6 is 11.3 Å². The number of aryl methyl sites for hydroxylation is 1. The van der Waals surface area contributed by atoms with Crippen molar-refractivity contribution in [3.63, 3.8) is 0 Å². The van der Waals surface area contributed by atoms with Crippen molar-refractivity contribution in [3.05, 3.63) is 34.7 Å². The van der Waals surface area contributed by atoms with E-state index in [0.29, 0.717) is 12.1 Å². The summed E-state index contributed by atoms with van der Waals surface area (Å²) >= 11 is 1.90. The van der Waals surface area contributed by atoms with Crippen molar-refractivity contribution in [2.75, 3.05) is 0 Å². The molecule has 0 aliphatic heterocycles. The maximum Gasteiger partial charge on any atom is 0.0555 e. The molecule has 0 bridgehead atoms. The lowest BCUT2D eigenvalue weighted by molar-refractivity contribution is 0.109. The molecule has 3 unspecified atom stereocenters. The summed E-state index contributed by atoms with van der Waals surface area (Å²) < 4.78 is 1.37. The maximum absolute atomic E-state index is 9.79. The molecule has 1 saturated carbocycles. The number of aliphatic hydroxyl groups excluding tert-OH is 1. The Hall–Kier alpha value is -0.900. The first-order chi connectivity index (χ1) is 9.65. The van der Waals surface area contributed by atoms with Crippen LogP contribution in [0.3, 0.4) is 0 Å². The van der Waals surface area contributed by atoms with Crippen LogP contribution in [0.1, 0.15) is 49.1 Å². The van der Waals surface area contributed by atoms with Crippen molar-refractivity contribution in [1.82, 2.24) is 5.32 Å². The van der Waals surface area contributed by atoms with E-state index in [4.69, 9.17) is 0 Å². The summed E-state index contributed by atoms with van der Waals surface area (Å²) in [6.45, 7) is 4.47. The third-order valence-electron chi connectivity index (χ3n) is 4.41. The Kier molecular flexibility index (Phi) is 4.11. The van der Waals surface area contributed by atoms with Crippen LogP contribution in [0.5, 0.6) is 0 Å². The number of hydrogen-bond acceptors (Lipinski definition) is 3. The standard InChI is InChI=1S/C17H23NOS/c1-11-15-8-3-4-9-16(15)20-17(11)12(2)18-13-6-5-7-14(19)10-13/h3-4,8-9,12-14,18-19H,5-7,10H2,1-2H3. The number of rotatable bonds is 3. The van der Waals surface area contributed by atoms with E-state index in [-0.39, 0.29) is 6.10 Å². The molecule has 108 valence electrons. The first-order valence-corrected chi connectivity index (χ1v) is 8.39. The van der Waals surface area contributed by atoms with E-state index >= 15 is 0 Å². The fourth-order valence-corrected chi connectivity index (χ4v) is 4.57. The van der Waals surface area contributed by atoms with Gasteiger partial charge >= 0.3 is 0 Å². The molecular weight excluding hydrogens is 266 g/mol. The normalized spacial score (nSPS) is 24.9. The van der Waals surface area contributed by atoms with Crippen molar-refractivity contribution in [3.8, 4) is 0 Å². The molecule has 0 spiro atoms. The van der Waals surface area contributed by atoms with Gasteiger partial charge in [0.15, 0.2) is 0 Å². The fraction of sp³-hybridized carbons (Fsp3) is 0.529. The van der Waals surface area contributed by atoms with Crippen LogP contribution in [-0.4, -0.2) is 17.3 Å². The molecule has 3 rings (SSSR count). The van der Waals surface area contributed by atoms with Crippen molar-refractivity contribution in [1.29, 1.82) is 0 Å². The van der Waals surface area contributed by atoms with Crippen LogP contribution < -0.4 is 5.32 Å². The van der Waals surface area contributed by atoms with Gasteiger partial charge in [-0.1, -0.05) is 18.2 Å². The zero-order valence-electron chi connectivity index (χ0n) is 12.2. The minimum absolute atomic E-state index is 0.114. The number of nitrogens with one attached hydrogen (secondary N) is 1. The van der Waals surface area contributed by atoms with E-state index in [1.807, 2.05) is 11.3 Å². The molecule has 0 saturated heterocycles. The van der Waals surface area contributed by atoms with Gasteiger partial charge < -0.3 is 10.4 Å². The van der Waals surface area contributed by atoms with Gasteiger partial charge in [-0.25, -0.2) is 0 Å². The Balaban J connectivity index is 1.78. The zero-order valence-corrected chi connectivity index (χ0v) is 13.0. The molecule has 1 fully saturated rings. The number of fused-ring (bicyclic) bond motifs is 1. The highest BCUT2D eigenvalue weighted by atomic mass is 32.1. The van der Waals surface area contributed by atoms with Gasteiger partial charge in [0, 0.05) is 21.7 Å². The minimum Gasteiger partial charge on any atom is -0.393 e. The summed E-state index contributed by atoms with van der Waals surface area (Å²) in [4.78, 5) is 1.44. The van der Waals surface area contributed by atoms with Gasteiger partial charge in [-0.2, -0.15) is 0 Å². The number of thiophene rings is 1. The molecule has 2 nitrogen and oxygen atoms in total. The highest BCUT2D eigenvalue weighted by Crippen LogP contribution is 2.35. The molecule has 2 aromatic rings. The summed E-state index contributed by atoms with van der Waals surface area (Å²) in [5, 5.41) is 14.9. The second-order valence-corrected chi connectivity index (χ2v) is 7.08. The Bertz CT molecular complexity index is 592. The molecule has 1 heterocycles. The topological polar surface area (TPSA) is 32.3 Å². The van der Waals surface area contributed by atoms with Crippen LogP contribution in [0.25, 0.3) is 10.1 Å². The molecule has 3 atom stereocenters. The lowest BCUT2D eigenvalue weighted by Crippen LogP contribution is -2.37. The summed E-state index contributed by atoms with van der Waals surface area (Å²) in [6.07, 6.45) is 4.07. The smallest absolute Gasteiger partial charge is 0.0555 e. The third-order valence-corrected chi connectivity index (χ3v) is 5.86. The van der Waals surface area contributed by atoms with Gasteiger partial charge in [-0.15, -0.1) is 11.3 Å². The molecule has 20 heavy (non-hydrogen) atoms. The van der Waals surface area contributed by atoms with Crippen molar-refractivity contribution in [2.45, 2.75) is 57.7 Å². The van der Waals surface area contributed by atoms with E-state index < -0.39 is 0 Å². The van der Waals surface area contributed by atoms with Crippen LogP contribution in [0.4, 0.5) is 0 Å². The van der Waals surface area contributed by atoms with Gasteiger partial charge in [-0.05, 0) is 56.5 Å². The lowest BCUT2D eigenvalue weighted by atomic mass is 9.92. The van der Waals surface area contributed by atoms with Crippen LogP contribution in [0.15, 0.2) is 24.3 Å². The second-order valence-electron chi connectivity index (χ2n) is 5.99. The van der Waals surface area contributed by atoms with Crippen molar-refractivity contribution in [2.24, 2.45) is 0 Å². The fourth-order valence-electron chi connectivity index (χ4n) is 3.35. The molecule has 1 aliphatic carbocycles. The van der Waals surface area contributed by atoms with Crippen molar-refractivity contribution < 1.29 is 5.11 Å². The van der Waals surface area contributed by atoms with E-state index in [2.05, 4.69) is 43.4 Å².